The minimum Gasteiger partial charge on any atom is -0.480 e. The van der Waals surface area contributed by atoms with Crippen LogP contribution < -0.4 is 21.7 Å². The zero-order valence-electron chi connectivity index (χ0n) is 17.0. The van der Waals surface area contributed by atoms with Gasteiger partial charge in [0.1, 0.15) is 18.1 Å². The Morgan fingerprint density at radius 3 is 1.72 bits per heavy atom. The second kappa shape index (κ2) is 12.6. The van der Waals surface area contributed by atoms with Crippen molar-refractivity contribution in [2.45, 2.75) is 70.5 Å². The third-order valence-electron chi connectivity index (χ3n) is 4.02. The number of hydrogen-bond acceptors (Lipinski definition) is 8. The summed E-state index contributed by atoms with van der Waals surface area (Å²) in [6.07, 6.45) is -2.30. The van der Waals surface area contributed by atoms with Crippen LogP contribution in [0.25, 0.3) is 0 Å². The monoisotopic (exact) mass is 436 g/mol. The number of amides is 3. The van der Waals surface area contributed by atoms with Crippen LogP contribution in [0.2, 0.25) is 0 Å². The molecule has 3 amide bonds. The number of hydrogen-bond donors (Lipinski definition) is 8. The molecule has 168 valence electrons. The molecular formula is C17H32N4O7S. The Kier molecular flexibility index (Phi) is 11.8. The quantitative estimate of drug-likeness (QED) is 0.155. The topological polar surface area (TPSA) is 191 Å². The van der Waals surface area contributed by atoms with Gasteiger partial charge in [-0.1, -0.05) is 13.8 Å². The van der Waals surface area contributed by atoms with Gasteiger partial charge in [-0.25, -0.2) is 4.79 Å². The summed E-state index contributed by atoms with van der Waals surface area (Å²) in [5, 5.41) is 35.0. The van der Waals surface area contributed by atoms with E-state index in [1.807, 2.05) is 0 Å². The number of carboxylic acids is 1. The van der Waals surface area contributed by atoms with Gasteiger partial charge in [-0.3, -0.25) is 14.4 Å². The second-order valence-electron chi connectivity index (χ2n) is 7.27. The van der Waals surface area contributed by atoms with Crippen molar-refractivity contribution in [1.29, 1.82) is 0 Å². The van der Waals surface area contributed by atoms with Crippen molar-refractivity contribution in [1.82, 2.24) is 16.0 Å². The number of aliphatic hydroxyl groups excluding tert-OH is 2. The molecule has 11 nitrogen and oxygen atoms in total. The Balaban J connectivity index is 5.28. The average molecular weight is 437 g/mol. The lowest BCUT2D eigenvalue weighted by Crippen LogP contribution is -2.59. The SMILES string of the molecule is CC(C)CC(NC(=O)C(CS)NC(=O)C(N)C(C)O)C(=O)NC(C(=O)O)C(C)O. The molecule has 0 aromatic carbocycles. The van der Waals surface area contributed by atoms with E-state index in [0.29, 0.717) is 0 Å². The zero-order chi connectivity index (χ0) is 22.9. The van der Waals surface area contributed by atoms with Crippen LogP contribution in [0.1, 0.15) is 34.1 Å². The highest BCUT2D eigenvalue weighted by Crippen LogP contribution is 2.07. The first-order chi connectivity index (χ1) is 13.3. The minimum atomic E-state index is -1.54. The molecule has 0 saturated heterocycles. The summed E-state index contributed by atoms with van der Waals surface area (Å²) >= 11 is 4.01. The van der Waals surface area contributed by atoms with Crippen LogP contribution in [0.5, 0.6) is 0 Å². The van der Waals surface area contributed by atoms with Crippen LogP contribution in [-0.4, -0.2) is 81.1 Å². The van der Waals surface area contributed by atoms with Gasteiger partial charge in [-0.05, 0) is 26.2 Å². The molecule has 0 rings (SSSR count). The highest BCUT2D eigenvalue weighted by Gasteiger charge is 2.32. The maximum atomic E-state index is 12.5. The Morgan fingerprint density at radius 1 is 0.862 bits per heavy atom. The molecule has 0 saturated carbocycles. The van der Waals surface area contributed by atoms with Gasteiger partial charge in [0.25, 0.3) is 0 Å². The van der Waals surface area contributed by atoms with Crippen molar-refractivity contribution in [2.24, 2.45) is 11.7 Å². The highest BCUT2D eigenvalue weighted by atomic mass is 32.1. The molecule has 0 aromatic rings. The molecule has 8 N–H and O–H groups in total. The van der Waals surface area contributed by atoms with Gasteiger partial charge < -0.3 is 37.0 Å². The maximum Gasteiger partial charge on any atom is 0.328 e. The standard InChI is InChI=1S/C17H32N4O7S/c1-7(2)5-10(14(24)21-13(9(4)23)17(27)28)19-15(25)11(6-29)20-16(26)12(18)8(3)22/h7-13,22-23,29H,5-6,18H2,1-4H3,(H,19,25)(H,20,26)(H,21,24)(H,27,28). The molecule has 0 aliphatic heterocycles. The van der Waals surface area contributed by atoms with Crippen LogP contribution in [-0.2, 0) is 19.2 Å². The number of carbonyl (C=O) groups excluding carboxylic acids is 3. The predicted molar refractivity (Wildman–Crippen MR) is 108 cm³/mol. The molecule has 0 radical (unpaired) electrons. The summed E-state index contributed by atoms with van der Waals surface area (Å²) in [6, 6.07) is -5.03. The number of rotatable bonds is 12. The number of aliphatic carboxylic acids is 1. The van der Waals surface area contributed by atoms with Crippen molar-refractivity contribution in [3.63, 3.8) is 0 Å². The van der Waals surface area contributed by atoms with E-state index in [9.17, 15) is 29.4 Å². The number of thiol groups is 1. The first-order valence-electron chi connectivity index (χ1n) is 9.18. The van der Waals surface area contributed by atoms with E-state index in [1.165, 1.54) is 13.8 Å². The summed E-state index contributed by atoms with van der Waals surface area (Å²) in [5.41, 5.74) is 5.53. The Hall–Kier alpha value is -1.89. The van der Waals surface area contributed by atoms with E-state index in [2.05, 4.69) is 28.6 Å². The Bertz CT molecular complexity index is 586. The summed E-state index contributed by atoms with van der Waals surface area (Å²) < 4.78 is 0. The fraction of sp³-hybridized carbons (Fsp3) is 0.765. The van der Waals surface area contributed by atoms with Crippen LogP contribution in [0.3, 0.4) is 0 Å². The van der Waals surface area contributed by atoms with Crippen LogP contribution in [0.15, 0.2) is 0 Å². The Labute approximate surface area is 175 Å². The number of carboxylic acid groups (broad SMARTS) is 1. The smallest absolute Gasteiger partial charge is 0.328 e. The van der Waals surface area contributed by atoms with E-state index in [0.717, 1.165) is 0 Å². The largest absolute Gasteiger partial charge is 0.480 e. The number of carbonyl (C=O) groups is 4. The van der Waals surface area contributed by atoms with E-state index < -0.39 is 60.1 Å². The van der Waals surface area contributed by atoms with Crippen molar-refractivity contribution < 1.29 is 34.5 Å². The van der Waals surface area contributed by atoms with Crippen molar-refractivity contribution in [3.05, 3.63) is 0 Å². The highest BCUT2D eigenvalue weighted by molar-refractivity contribution is 7.80. The van der Waals surface area contributed by atoms with Gasteiger partial charge in [0.05, 0.1) is 12.2 Å². The average Bonchev–Trinajstić information content (AvgIpc) is 2.61. The number of nitrogens with two attached hydrogens (primary N) is 1. The second-order valence-corrected chi connectivity index (χ2v) is 7.63. The van der Waals surface area contributed by atoms with E-state index in [1.54, 1.807) is 13.8 Å². The fourth-order valence-electron chi connectivity index (χ4n) is 2.30. The summed E-state index contributed by atoms with van der Waals surface area (Å²) in [6.45, 7) is 6.14. The first kappa shape index (κ1) is 27.1. The molecule has 12 heteroatoms. The van der Waals surface area contributed by atoms with Crippen LogP contribution in [0, 0.1) is 5.92 Å². The number of aliphatic hydroxyl groups is 2. The molecule has 6 atom stereocenters. The molecule has 0 bridgehead atoms. The molecule has 0 aliphatic carbocycles. The van der Waals surface area contributed by atoms with Gasteiger partial charge in [0, 0.05) is 5.75 Å². The van der Waals surface area contributed by atoms with Gasteiger partial charge in [-0.15, -0.1) is 0 Å². The minimum absolute atomic E-state index is 0.0337. The van der Waals surface area contributed by atoms with E-state index in [4.69, 9.17) is 10.8 Å². The third-order valence-corrected chi connectivity index (χ3v) is 4.39. The van der Waals surface area contributed by atoms with Crippen molar-refractivity contribution in [3.8, 4) is 0 Å². The molecule has 0 heterocycles. The molecule has 29 heavy (non-hydrogen) atoms. The Morgan fingerprint density at radius 2 is 1.34 bits per heavy atom. The van der Waals surface area contributed by atoms with Crippen molar-refractivity contribution >= 4 is 36.3 Å². The van der Waals surface area contributed by atoms with Crippen LogP contribution >= 0.6 is 12.6 Å². The van der Waals surface area contributed by atoms with Crippen molar-refractivity contribution in [2.75, 3.05) is 5.75 Å². The molecule has 6 unspecified atom stereocenters. The van der Waals surface area contributed by atoms with E-state index in [-0.39, 0.29) is 18.1 Å². The van der Waals surface area contributed by atoms with Gasteiger partial charge >= 0.3 is 5.97 Å². The lowest BCUT2D eigenvalue weighted by atomic mass is 10.0. The lowest BCUT2D eigenvalue weighted by Gasteiger charge is -2.26. The lowest BCUT2D eigenvalue weighted by molar-refractivity contribution is -0.145. The third kappa shape index (κ3) is 9.43. The molecule has 0 fully saturated rings. The summed E-state index contributed by atoms with van der Waals surface area (Å²) in [5.74, 6) is -3.84. The molecule has 0 spiro atoms. The van der Waals surface area contributed by atoms with Crippen LogP contribution in [0.4, 0.5) is 0 Å². The normalized spacial score (nSPS) is 17.4. The first-order valence-corrected chi connectivity index (χ1v) is 9.81. The zero-order valence-corrected chi connectivity index (χ0v) is 17.8. The van der Waals surface area contributed by atoms with Gasteiger partial charge in [0.15, 0.2) is 6.04 Å². The van der Waals surface area contributed by atoms with Gasteiger partial charge in [0.2, 0.25) is 17.7 Å². The summed E-state index contributed by atoms with van der Waals surface area (Å²) in [7, 11) is 0. The fourth-order valence-corrected chi connectivity index (χ4v) is 2.56. The predicted octanol–water partition coefficient (Wildman–Crippen LogP) is -2.41. The maximum absolute atomic E-state index is 12.5. The summed E-state index contributed by atoms with van der Waals surface area (Å²) in [4.78, 5) is 48.2. The number of nitrogens with one attached hydrogen (secondary N) is 3. The molecule has 0 aliphatic rings. The molecule has 0 aromatic heterocycles. The molecular weight excluding hydrogens is 404 g/mol. The van der Waals surface area contributed by atoms with Gasteiger partial charge in [-0.2, -0.15) is 12.6 Å². The van der Waals surface area contributed by atoms with E-state index >= 15 is 0 Å².